The van der Waals surface area contributed by atoms with Crippen LogP contribution < -0.4 is 10.2 Å². The lowest BCUT2D eigenvalue weighted by Crippen LogP contribution is -2.42. The highest BCUT2D eigenvalue weighted by molar-refractivity contribution is 8.00. The van der Waals surface area contributed by atoms with Crippen LogP contribution in [0, 0.1) is 6.92 Å². The quantitative estimate of drug-likeness (QED) is 0.350. The van der Waals surface area contributed by atoms with E-state index in [0.29, 0.717) is 12.4 Å². The minimum atomic E-state index is -0.283. The van der Waals surface area contributed by atoms with Gasteiger partial charge in [0.05, 0.1) is 22.4 Å². The van der Waals surface area contributed by atoms with Crippen LogP contribution in [0.5, 0.6) is 0 Å². The Morgan fingerprint density at radius 2 is 1.97 bits per heavy atom. The van der Waals surface area contributed by atoms with Gasteiger partial charge >= 0.3 is 0 Å². The van der Waals surface area contributed by atoms with Crippen molar-refractivity contribution in [2.45, 2.75) is 44.9 Å². The molecule has 0 fully saturated rings. The molecule has 3 aromatic heterocycles. The average molecular weight is 546 g/mol. The molecule has 1 N–H and O–H groups in total. The summed E-state index contributed by atoms with van der Waals surface area (Å²) in [6.07, 6.45) is 3.42. The van der Waals surface area contributed by atoms with Gasteiger partial charge in [-0.2, -0.15) is 16.4 Å². The molecule has 0 radical (unpaired) electrons. The first kappa shape index (κ1) is 26.2. The summed E-state index contributed by atoms with van der Waals surface area (Å²) in [5, 5.41) is 12.2. The number of thiophene rings is 1. The molecule has 4 heterocycles. The number of benzene rings is 1. The van der Waals surface area contributed by atoms with Crippen molar-refractivity contribution in [2.75, 3.05) is 17.2 Å². The van der Waals surface area contributed by atoms with Crippen LogP contribution in [0.4, 0.5) is 5.82 Å². The third kappa shape index (κ3) is 5.26. The van der Waals surface area contributed by atoms with Crippen LogP contribution in [-0.2, 0) is 21.5 Å². The topological polar surface area (TPSA) is 80.1 Å². The van der Waals surface area contributed by atoms with E-state index >= 15 is 0 Å². The summed E-state index contributed by atoms with van der Waals surface area (Å²) in [4.78, 5) is 32.7. The lowest BCUT2D eigenvalue weighted by molar-refractivity contribution is -0.123. The minimum Gasteiger partial charge on any atom is -0.350 e. The van der Waals surface area contributed by atoms with Crippen LogP contribution >= 0.6 is 23.1 Å². The fourth-order valence-corrected chi connectivity index (χ4v) is 6.59. The summed E-state index contributed by atoms with van der Waals surface area (Å²) in [5.41, 5.74) is 5.61. The number of pyridine rings is 1. The number of carbonyl (C=O) groups excluding carboxylic acids is 2. The molecule has 1 aliphatic rings. The van der Waals surface area contributed by atoms with Crippen molar-refractivity contribution >= 4 is 40.7 Å². The van der Waals surface area contributed by atoms with Crippen LogP contribution in [0.1, 0.15) is 54.0 Å². The second-order valence-corrected chi connectivity index (χ2v) is 12.3. The first-order chi connectivity index (χ1) is 18.2. The Morgan fingerprint density at radius 3 is 2.66 bits per heavy atom. The van der Waals surface area contributed by atoms with E-state index in [0.717, 1.165) is 33.6 Å². The number of aryl methyl sites for hydroxylation is 1. The number of nitrogens with zero attached hydrogens (tertiary/aromatic N) is 4. The number of anilines is 1. The molecule has 0 saturated carbocycles. The SMILES string of the molecule is Cc1ccccc1-n1nc(C(C)(C)C)c2c1N(CC(=O)NCc1cccnc1)C(=O)CSC2c1ccsc1. The number of thioether (sulfide) groups is 1. The van der Waals surface area contributed by atoms with Crippen molar-refractivity contribution in [1.29, 1.82) is 0 Å². The van der Waals surface area contributed by atoms with Gasteiger partial charge in [0.15, 0.2) is 0 Å². The zero-order chi connectivity index (χ0) is 26.9. The van der Waals surface area contributed by atoms with E-state index in [1.807, 2.05) is 48.0 Å². The number of hydrogen-bond acceptors (Lipinski definition) is 6. The maximum Gasteiger partial charge on any atom is 0.240 e. The predicted molar refractivity (Wildman–Crippen MR) is 154 cm³/mol. The second-order valence-electron chi connectivity index (χ2n) is 10.4. The third-order valence-electron chi connectivity index (χ3n) is 6.50. The van der Waals surface area contributed by atoms with Gasteiger partial charge in [-0.1, -0.05) is 45.0 Å². The van der Waals surface area contributed by atoms with Gasteiger partial charge < -0.3 is 5.32 Å². The fraction of sp³-hybridized carbons (Fsp3) is 0.310. The first-order valence-electron chi connectivity index (χ1n) is 12.5. The first-order valence-corrected chi connectivity index (χ1v) is 14.5. The summed E-state index contributed by atoms with van der Waals surface area (Å²) >= 11 is 3.24. The van der Waals surface area contributed by atoms with E-state index in [2.05, 4.69) is 47.9 Å². The molecule has 1 aliphatic heterocycles. The minimum absolute atomic E-state index is 0.0735. The van der Waals surface area contributed by atoms with Gasteiger partial charge in [0, 0.05) is 29.9 Å². The Labute approximate surface area is 231 Å². The Morgan fingerprint density at radius 1 is 1.16 bits per heavy atom. The van der Waals surface area contributed by atoms with Crippen molar-refractivity contribution in [3.8, 4) is 5.69 Å². The van der Waals surface area contributed by atoms with E-state index in [1.165, 1.54) is 0 Å². The molecular weight excluding hydrogens is 514 g/mol. The largest absolute Gasteiger partial charge is 0.350 e. The van der Waals surface area contributed by atoms with Crippen molar-refractivity contribution in [2.24, 2.45) is 0 Å². The normalized spacial score (nSPS) is 15.7. The molecule has 1 aromatic carbocycles. The average Bonchev–Trinajstić information content (AvgIpc) is 3.54. The van der Waals surface area contributed by atoms with Crippen LogP contribution in [0.15, 0.2) is 65.6 Å². The lowest BCUT2D eigenvalue weighted by Gasteiger charge is -2.24. The molecule has 0 bridgehead atoms. The van der Waals surface area contributed by atoms with Crippen molar-refractivity contribution in [3.63, 3.8) is 0 Å². The molecule has 1 atom stereocenters. The molecule has 5 rings (SSSR count). The van der Waals surface area contributed by atoms with Crippen LogP contribution in [0.25, 0.3) is 5.69 Å². The van der Waals surface area contributed by atoms with E-state index in [1.54, 1.807) is 40.4 Å². The number of fused-ring (bicyclic) bond motifs is 1. The smallest absolute Gasteiger partial charge is 0.240 e. The third-order valence-corrected chi connectivity index (χ3v) is 8.46. The summed E-state index contributed by atoms with van der Waals surface area (Å²) < 4.78 is 1.88. The van der Waals surface area contributed by atoms with Crippen LogP contribution in [0.3, 0.4) is 0 Å². The maximum absolute atomic E-state index is 13.7. The lowest BCUT2D eigenvalue weighted by atomic mass is 9.87. The summed E-state index contributed by atoms with van der Waals surface area (Å²) in [7, 11) is 0. The van der Waals surface area contributed by atoms with E-state index < -0.39 is 0 Å². The number of carbonyl (C=O) groups is 2. The Balaban J connectivity index is 1.64. The zero-order valence-corrected chi connectivity index (χ0v) is 23.6. The number of hydrogen-bond donors (Lipinski definition) is 1. The van der Waals surface area contributed by atoms with E-state index in [9.17, 15) is 9.59 Å². The molecule has 2 amide bonds. The maximum atomic E-state index is 13.7. The van der Waals surface area contributed by atoms with Gasteiger partial charge in [0.2, 0.25) is 11.8 Å². The molecule has 0 spiro atoms. The number of para-hydroxylation sites is 1. The highest BCUT2D eigenvalue weighted by Gasteiger charge is 2.40. The van der Waals surface area contributed by atoms with Gasteiger partial charge in [-0.05, 0) is 52.6 Å². The molecule has 38 heavy (non-hydrogen) atoms. The van der Waals surface area contributed by atoms with E-state index in [-0.39, 0.29) is 34.8 Å². The molecular formula is C29H31N5O2S2. The van der Waals surface area contributed by atoms with Crippen molar-refractivity contribution < 1.29 is 9.59 Å². The van der Waals surface area contributed by atoms with Gasteiger partial charge in [0.25, 0.3) is 0 Å². The van der Waals surface area contributed by atoms with E-state index in [4.69, 9.17) is 5.10 Å². The predicted octanol–water partition coefficient (Wildman–Crippen LogP) is 5.42. The second kappa shape index (κ2) is 10.7. The van der Waals surface area contributed by atoms with Gasteiger partial charge in [-0.15, -0.1) is 11.8 Å². The molecule has 0 saturated heterocycles. The van der Waals surface area contributed by atoms with Gasteiger partial charge in [-0.25, -0.2) is 4.68 Å². The zero-order valence-electron chi connectivity index (χ0n) is 22.0. The molecule has 4 aromatic rings. The number of amides is 2. The monoisotopic (exact) mass is 545 g/mol. The van der Waals surface area contributed by atoms with Crippen molar-refractivity contribution in [1.82, 2.24) is 20.1 Å². The molecule has 7 nitrogen and oxygen atoms in total. The molecule has 9 heteroatoms. The number of aromatic nitrogens is 3. The fourth-order valence-electron chi connectivity index (χ4n) is 4.63. The van der Waals surface area contributed by atoms with Crippen LogP contribution in [0.2, 0.25) is 0 Å². The Bertz CT molecular complexity index is 1440. The number of nitrogens with one attached hydrogen (secondary N) is 1. The van der Waals surface area contributed by atoms with Crippen molar-refractivity contribution in [3.05, 3.63) is 93.6 Å². The summed E-state index contributed by atoms with van der Waals surface area (Å²) in [5.74, 6) is 0.595. The van der Waals surface area contributed by atoms with Gasteiger partial charge in [0.1, 0.15) is 12.4 Å². The summed E-state index contributed by atoms with van der Waals surface area (Å²) in [6.45, 7) is 8.72. The molecule has 0 aliphatic carbocycles. The standard InChI is InChI=1S/C29H31N5O2S2/c1-19-8-5-6-10-22(19)34-28-25(27(32-34)29(2,3)4)26(21-11-13-37-17-21)38-18-24(36)33(28)16-23(35)31-15-20-9-7-12-30-14-20/h5-14,17,26H,15-16,18H2,1-4H3,(H,31,35). The Hall–Kier alpha value is -3.43. The molecule has 1 unspecified atom stereocenters. The highest BCUT2D eigenvalue weighted by Crippen LogP contribution is 2.48. The number of rotatable bonds is 6. The highest BCUT2D eigenvalue weighted by atomic mass is 32.2. The van der Waals surface area contributed by atoms with Crippen LogP contribution in [-0.4, -0.2) is 38.9 Å². The summed E-state index contributed by atoms with van der Waals surface area (Å²) in [6, 6.07) is 13.9. The van der Waals surface area contributed by atoms with Gasteiger partial charge in [-0.3, -0.25) is 19.5 Å². The Kier molecular flexibility index (Phi) is 7.40. The molecule has 196 valence electrons.